The minimum Gasteiger partial charge on any atom is -0.299 e. The van der Waals surface area contributed by atoms with Crippen molar-refractivity contribution in [1.82, 2.24) is 4.90 Å². The Morgan fingerprint density at radius 3 is 2.94 bits per heavy atom. The highest BCUT2D eigenvalue weighted by Gasteiger charge is 2.20. The summed E-state index contributed by atoms with van der Waals surface area (Å²) >= 11 is 8.27. The molecule has 1 nitrogen and oxygen atoms in total. The van der Waals surface area contributed by atoms with E-state index in [1.165, 1.54) is 26.1 Å². The maximum absolute atomic E-state index is 6.37. The maximum atomic E-state index is 6.37. The van der Waals surface area contributed by atoms with E-state index >= 15 is 0 Å². The molecule has 0 atom stereocenters. The van der Waals surface area contributed by atoms with Crippen molar-refractivity contribution in [1.29, 1.82) is 0 Å². The molecule has 90 valence electrons. The largest absolute Gasteiger partial charge is 0.299 e. The fourth-order valence-corrected chi connectivity index (χ4v) is 4.05. The van der Waals surface area contributed by atoms with Crippen LogP contribution in [0.25, 0.3) is 10.1 Å². The number of thiophene rings is 1. The summed E-state index contributed by atoms with van der Waals surface area (Å²) in [7, 11) is 0. The highest BCUT2D eigenvalue weighted by molar-refractivity contribution is 7.19. The number of benzene rings is 1. The highest BCUT2D eigenvalue weighted by Crippen LogP contribution is 2.38. The topological polar surface area (TPSA) is 3.24 Å². The molecule has 3 heteroatoms. The molecule has 0 saturated carbocycles. The summed E-state index contributed by atoms with van der Waals surface area (Å²) in [6.45, 7) is 7.78. The van der Waals surface area contributed by atoms with Gasteiger partial charge in [-0.05, 0) is 43.1 Å². The summed E-state index contributed by atoms with van der Waals surface area (Å²) < 4.78 is 1.40. The molecular weight excluding hydrogens is 250 g/mol. The van der Waals surface area contributed by atoms with Gasteiger partial charge in [0.2, 0.25) is 0 Å². The second-order valence-corrected chi connectivity index (χ2v) is 6.32. The lowest BCUT2D eigenvalue weighted by molar-refractivity contribution is 0.288. The predicted octanol–water partition coefficient (Wildman–Crippen LogP) is 4.24. The third kappa shape index (κ3) is 1.79. The molecule has 0 bridgehead atoms. The second kappa shape index (κ2) is 4.27. The van der Waals surface area contributed by atoms with Gasteiger partial charge in [0.15, 0.2) is 0 Å². The molecular formula is C14H16ClNS. The van der Waals surface area contributed by atoms with Gasteiger partial charge in [0.05, 0.1) is 0 Å². The van der Waals surface area contributed by atoms with Crippen LogP contribution < -0.4 is 0 Å². The van der Waals surface area contributed by atoms with E-state index in [0.29, 0.717) is 0 Å². The first kappa shape index (κ1) is 11.5. The number of nitrogens with zero attached hydrogens (tertiary/aromatic N) is 1. The third-order valence-corrected chi connectivity index (χ3v) is 5.18. The fraction of sp³-hybridized carbons (Fsp3) is 0.429. The van der Waals surface area contributed by atoms with Gasteiger partial charge in [-0.15, -0.1) is 11.3 Å². The van der Waals surface area contributed by atoms with Crippen LogP contribution in [-0.2, 0) is 13.0 Å². The van der Waals surface area contributed by atoms with Gasteiger partial charge < -0.3 is 0 Å². The second-order valence-electron chi connectivity index (χ2n) is 4.65. The van der Waals surface area contributed by atoms with Crippen molar-refractivity contribution in [3.63, 3.8) is 0 Å². The third-order valence-electron chi connectivity index (χ3n) is 3.71. The zero-order valence-electron chi connectivity index (χ0n) is 10.2. The standard InChI is InChI=1S/C14H16ClNS/c1-3-16-7-6-10-12(15)4-5-13-14(10)11(8-16)9(2)17-13/h4-5H,3,6-8H2,1-2H3. The molecule has 0 saturated heterocycles. The summed E-state index contributed by atoms with van der Waals surface area (Å²) in [6.07, 6.45) is 1.08. The Morgan fingerprint density at radius 1 is 1.35 bits per heavy atom. The first-order chi connectivity index (χ1) is 8.20. The molecule has 1 aromatic carbocycles. The highest BCUT2D eigenvalue weighted by atomic mass is 35.5. The average molecular weight is 266 g/mol. The van der Waals surface area contributed by atoms with Gasteiger partial charge in [-0.25, -0.2) is 0 Å². The van der Waals surface area contributed by atoms with Gasteiger partial charge in [-0.2, -0.15) is 0 Å². The number of aryl methyl sites for hydroxylation is 1. The normalized spacial score (nSPS) is 16.4. The molecule has 17 heavy (non-hydrogen) atoms. The number of likely N-dealkylation sites (N-methyl/N-ethyl adjacent to an activating group) is 1. The molecule has 3 rings (SSSR count). The van der Waals surface area contributed by atoms with Crippen LogP contribution in [0.4, 0.5) is 0 Å². The molecule has 0 aliphatic carbocycles. The summed E-state index contributed by atoms with van der Waals surface area (Å²) in [5.74, 6) is 0. The van der Waals surface area contributed by atoms with E-state index in [1.54, 1.807) is 0 Å². The minimum absolute atomic E-state index is 0.939. The molecule has 1 aromatic heterocycles. The monoisotopic (exact) mass is 265 g/mol. The molecule has 2 aromatic rings. The number of halogens is 1. The molecule has 0 amide bonds. The van der Waals surface area contributed by atoms with E-state index in [-0.39, 0.29) is 0 Å². The summed E-state index contributed by atoms with van der Waals surface area (Å²) in [5, 5.41) is 2.38. The van der Waals surface area contributed by atoms with E-state index in [2.05, 4.69) is 30.9 Å². The van der Waals surface area contributed by atoms with Crippen LogP contribution in [0.3, 0.4) is 0 Å². The Morgan fingerprint density at radius 2 is 2.18 bits per heavy atom. The summed E-state index contributed by atoms with van der Waals surface area (Å²) in [6, 6.07) is 4.23. The van der Waals surface area contributed by atoms with Crippen LogP contribution in [0.5, 0.6) is 0 Å². The van der Waals surface area contributed by atoms with Crippen LogP contribution in [0, 0.1) is 6.92 Å². The Balaban J connectivity index is 2.28. The van der Waals surface area contributed by atoms with Gasteiger partial charge in [0, 0.05) is 33.1 Å². The zero-order chi connectivity index (χ0) is 12.0. The summed E-state index contributed by atoms with van der Waals surface area (Å²) in [5.41, 5.74) is 2.86. The SMILES string of the molecule is CCN1CCc2c(Cl)ccc3sc(C)c(c23)C1. The molecule has 0 N–H and O–H groups in total. The van der Waals surface area contributed by atoms with Crippen LogP contribution in [0.2, 0.25) is 5.02 Å². The van der Waals surface area contributed by atoms with Crippen molar-refractivity contribution in [2.75, 3.05) is 13.1 Å². The first-order valence-corrected chi connectivity index (χ1v) is 7.32. The van der Waals surface area contributed by atoms with Gasteiger partial charge >= 0.3 is 0 Å². The van der Waals surface area contributed by atoms with Crippen molar-refractivity contribution >= 4 is 33.0 Å². The van der Waals surface area contributed by atoms with E-state index in [4.69, 9.17) is 11.6 Å². The van der Waals surface area contributed by atoms with E-state index in [0.717, 1.165) is 31.1 Å². The molecule has 1 aliphatic heterocycles. The molecule has 0 unspecified atom stereocenters. The van der Waals surface area contributed by atoms with Crippen LogP contribution in [-0.4, -0.2) is 18.0 Å². The van der Waals surface area contributed by atoms with Crippen molar-refractivity contribution in [2.45, 2.75) is 26.8 Å². The number of rotatable bonds is 1. The Kier molecular flexibility index (Phi) is 2.89. The Hall–Kier alpha value is -0.570. The van der Waals surface area contributed by atoms with E-state index in [1.807, 2.05) is 11.3 Å². The van der Waals surface area contributed by atoms with Crippen molar-refractivity contribution in [2.24, 2.45) is 0 Å². The van der Waals surface area contributed by atoms with Gasteiger partial charge in [0.25, 0.3) is 0 Å². The average Bonchev–Trinajstić information content (AvgIpc) is 2.52. The number of hydrogen-bond donors (Lipinski definition) is 0. The van der Waals surface area contributed by atoms with Crippen molar-refractivity contribution in [3.05, 3.63) is 33.2 Å². The van der Waals surface area contributed by atoms with Gasteiger partial charge in [0.1, 0.15) is 0 Å². The predicted molar refractivity (Wildman–Crippen MR) is 76.2 cm³/mol. The van der Waals surface area contributed by atoms with E-state index in [9.17, 15) is 0 Å². The summed E-state index contributed by atoms with van der Waals surface area (Å²) in [4.78, 5) is 3.95. The molecule has 0 radical (unpaired) electrons. The molecule has 2 heterocycles. The fourth-order valence-electron chi connectivity index (χ4n) is 2.70. The lowest BCUT2D eigenvalue weighted by Gasteiger charge is -2.17. The lowest BCUT2D eigenvalue weighted by Crippen LogP contribution is -2.23. The minimum atomic E-state index is 0.939. The van der Waals surface area contributed by atoms with Crippen LogP contribution in [0.15, 0.2) is 12.1 Å². The first-order valence-electron chi connectivity index (χ1n) is 6.12. The molecule has 0 spiro atoms. The Labute approximate surface area is 111 Å². The lowest BCUT2D eigenvalue weighted by atomic mass is 10.0. The van der Waals surface area contributed by atoms with E-state index < -0.39 is 0 Å². The number of hydrogen-bond acceptors (Lipinski definition) is 2. The van der Waals surface area contributed by atoms with Gasteiger partial charge in [-0.1, -0.05) is 18.5 Å². The smallest absolute Gasteiger partial charge is 0.0445 e. The Bertz CT molecular complexity index is 573. The maximum Gasteiger partial charge on any atom is 0.0445 e. The van der Waals surface area contributed by atoms with Crippen LogP contribution >= 0.6 is 22.9 Å². The quantitative estimate of drug-likeness (QED) is 0.745. The van der Waals surface area contributed by atoms with Crippen molar-refractivity contribution < 1.29 is 0 Å². The van der Waals surface area contributed by atoms with Crippen LogP contribution in [0.1, 0.15) is 22.9 Å². The van der Waals surface area contributed by atoms with Gasteiger partial charge in [-0.3, -0.25) is 4.90 Å². The molecule has 0 fully saturated rings. The molecule has 1 aliphatic rings. The zero-order valence-corrected chi connectivity index (χ0v) is 11.8. The van der Waals surface area contributed by atoms with Crippen molar-refractivity contribution in [3.8, 4) is 0 Å².